The summed E-state index contributed by atoms with van der Waals surface area (Å²) in [4.78, 5) is 4.52. The zero-order valence-electron chi connectivity index (χ0n) is 11.5. The number of hydrogen-bond donors (Lipinski definition) is 1. The SMILES string of the molecule is Cc1ccc(OCc2ccccc2)c(CC(C)N)n1. The van der Waals surface area contributed by atoms with Crippen molar-refractivity contribution in [2.75, 3.05) is 0 Å². The predicted molar refractivity (Wildman–Crippen MR) is 77.1 cm³/mol. The van der Waals surface area contributed by atoms with Crippen molar-refractivity contribution in [3.63, 3.8) is 0 Å². The number of nitrogens with two attached hydrogens (primary N) is 1. The molecule has 2 rings (SSSR count). The summed E-state index contributed by atoms with van der Waals surface area (Å²) >= 11 is 0. The number of ether oxygens (including phenoxy) is 1. The molecule has 19 heavy (non-hydrogen) atoms. The van der Waals surface area contributed by atoms with E-state index in [1.165, 1.54) is 0 Å². The summed E-state index contributed by atoms with van der Waals surface area (Å²) in [5, 5.41) is 0. The monoisotopic (exact) mass is 256 g/mol. The summed E-state index contributed by atoms with van der Waals surface area (Å²) in [6.45, 7) is 4.51. The number of hydrogen-bond acceptors (Lipinski definition) is 3. The minimum Gasteiger partial charge on any atom is -0.487 e. The molecular formula is C16H20N2O. The molecule has 2 aromatic rings. The summed E-state index contributed by atoms with van der Waals surface area (Å²) in [6.07, 6.45) is 0.728. The van der Waals surface area contributed by atoms with Gasteiger partial charge in [0.25, 0.3) is 0 Å². The van der Waals surface area contributed by atoms with Gasteiger partial charge in [0, 0.05) is 18.2 Å². The van der Waals surface area contributed by atoms with E-state index in [9.17, 15) is 0 Å². The number of aromatic nitrogens is 1. The van der Waals surface area contributed by atoms with Crippen molar-refractivity contribution in [2.45, 2.75) is 32.9 Å². The number of nitrogens with zero attached hydrogens (tertiary/aromatic N) is 1. The standard InChI is InChI=1S/C16H20N2O/c1-12(17)10-15-16(9-8-13(2)18-15)19-11-14-6-4-3-5-7-14/h3-9,12H,10-11,17H2,1-2H3. The Morgan fingerprint density at radius 3 is 2.58 bits per heavy atom. The van der Waals surface area contributed by atoms with Gasteiger partial charge in [-0.25, -0.2) is 0 Å². The number of rotatable bonds is 5. The smallest absolute Gasteiger partial charge is 0.141 e. The fraction of sp³-hybridized carbons (Fsp3) is 0.312. The van der Waals surface area contributed by atoms with Crippen LogP contribution in [-0.2, 0) is 13.0 Å². The van der Waals surface area contributed by atoms with E-state index >= 15 is 0 Å². The van der Waals surface area contributed by atoms with Crippen LogP contribution < -0.4 is 10.5 Å². The van der Waals surface area contributed by atoms with Crippen molar-refractivity contribution in [3.8, 4) is 5.75 Å². The zero-order valence-corrected chi connectivity index (χ0v) is 11.5. The van der Waals surface area contributed by atoms with Crippen LogP contribution in [0.2, 0.25) is 0 Å². The van der Waals surface area contributed by atoms with Crippen LogP contribution in [0.4, 0.5) is 0 Å². The van der Waals surface area contributed by atoms with Crippen molar-refractivity contribution in [1.82, 2.24) is 4.98 Å². The first-order chi connectivity index (χ1) is 9.15. The molecule has 0 aliphatic rings. The molecule has 1 heterocycles. The second kappa shape index (κ2) is 6.34. The Morgan fingerprint density at radius 1 is 1.16 bits per heavy atom. The Hall–Kier alpha value is -1.87. The van der Waals surface area contributed by atoms with Crippen LogP contribution in [0.3, 0.4) is 0 Å². The van der Waals surface area contributed by atoms with E-state index in [-0.39, 0.29) is 6.04 Å². The van der Waals surface area contributed by atoms with E-state index in [0.717, 1.165) is 29.1 Å². The zero-order chi connectivity index (χ0) is 13.7. The quantitative estimate of drug-likeness (QED) is 0.894. The Morgan fingerprint density at radius 2 is 1.89 bits per heavy atom. The highest BCUT2D eigenvalue weighted by Gasteiger charge is 2.08. The van der Waals surface area contributed by atoms with Gasteiger partial charge in [-0.05, 0) is 31.5 Å². The van der Waals surface area contributed by atoms with Gasteiger partial charge in [0.1, 0.15) is 12.4 Å². The van der Waals surface area contributed by atoms with Crippen molar-refractivity contribution in [3.05, 3.63) is 59.4 Å². The molecule has 2 N–H and O–H groups in total. The fourth-order valence-corrected chi connectivity index (χ4v) is 1.92. The number of benzene rings is 1. The number of aryl methyl sites for hydroxylation is 1. The van der Waals surface area contributed by atoms with E-state index in [0.29, 0.717) is 6.61 Å². The maximum atomic E-state index is 5.86. The van der Waals surface area contributed by atoms with Crippen LogP contribution in [0.1, 0.15) is 23.9 Å². The molecule has 0 saturated heterocycles. The summed E-state index contributed by atoms with van der Waals surface area (Å²) in [7, 11) is 0. The summed E-state index contributed by atoms with van der Waals surface area (Å²) in [5.74, 6) is 0.826. The maximum Gasteiger partial charge on any atom is 0.141 e. The molecule has 0 aliphatic carbocycles. The third-order valence-corrected chi connectivity index (χ3v) is 2.82. The Bertz CT molecular complexity index is 524. The highest BCUT2D eigenvalue weighted by Crippen LogP contribution is 2.19. The summed E-state index contributed by atoms with van der Waals surface area (Å²) < 4.78 is 5.86. The Kier molecular flexibility index (Phi) is 4.53. The molecule has 100 valence electrons. The first-order valence-electron chi connectivity index (χ1n) is 6.54. The average molecular weight is 256 g/mol. The first kappa shape index (κ1) is 13.6. The maximum absolute atomic E-state index is 5.86. The molecule has 1 atom stereocenters. The van der Waals surface area contributed by atoms with Gasteiger partial charge in [-0.3, -0.25) is 4.98 Å². The lowest BCUT2D eigenvalue weighted by molar-refractivity contribution is 0.300. The predicted octanol–water partition coefficient (Wildman–Crippen LogP) is 2.86. The molecule has 1 unspecified atom stereocenters. The Labute approximate surface area is 114 Å². The molecule has 0 bridgehead atoms. The van der Waals surface area contributed by atoms with Crippen LogP contribution >= 0.6 is 0 Å². The topological polar surface area (TPSA) is 48.1 Å². The molecule has 0 fully saturated rings. The van der Waals surface area contributed by atoms with Crippen molar-refractivity contribution in [1.29, 1.82) is 0 Å². The van der Waals surface area contributed by atoms with Crippen LogP contribution in [-0.4, -0.2) is 11.0 Å². The van der Waals surface area contributed by atoms with Crippen LogP contribution in [0.5, 0.6) is 5.75 Å². The molecule has 0 saturated carbocycles. The van der Waals surface area contributed by atoms with Crippen molar-refractivity contribution < 1.29 is 4.74 Å². The van der Waals surface area contributed by atoms with Gasteiger partial charge in [0.05, 0.1) is 5.69 Å². The minimum absolute atomic E-state index is 0.0772. The molecule has 0 aliphatic heterocycles. The normalized spacial score (nSPS) is 12.2. The van der Waals surface area contributed by atoms with E-state index in [4.69, 9.17) is 10.5 Å². The molecule has 1 aromatic heterocycles. The summed E-state index contributed by atoms with van der Waals surface area (Å²) in [6, 6.07) is 14.1. The highest BCUT2D eigenvalue weighted by molar-refractivity contribution is 5.30. The van der Waals surface area contributed by atoms with Crippen LogP contribution in [0.25, 0.3) is 0 Å². The van der Waals surface area contributed by atoms with Gasteiger partial charge >= 0.3 is 0 Å². The Balaban J connectivity index is 2.11. The lowest BCUT2D eigenvalue weighted by Gasteiger charge is -2.13. The average Bonchev–Trinajstić information content (AvgIpc) is 2.38. The third kappa shape index (κ3) is 4.07. The van der Waals surface area contributed by atoms with Gasteiger partial charge in [-0.1, -0.05) is 30.3 Å². The van der Waals surface area contributed by atoms with Gasteiger partial charge in [-0.2, -0.15) is 0 Å². The van der Waals surface area contributed by atoms with Crippen molar-refractivity contribution >= 4 is 0 Å². The largest absolute Gasteiger partial charge is 0.487 e. The lowest BCUT2D eigenvalue weighted by Crippen LogP contribution is -2.19. The second-order valence-corrected chi connectivity index (χ2v) is 4.85. The molecule has 0 radical (unpaired) electrons. The third-order valence-electron chi connectivity index (χ3n) is 2.82. The van der Waals surface area contributed by atoms with E-state index in [2.05, 4.69) is 4.98 Å². The van der Waals surface area contributed by atoms with Crippen LogP contribution in [0.15, 0.2) is 42.5 Å². The van der Waals surface area contributed by atoms with E-state index in [1.807, 2.05) is 56.3 Å². The van der Waals surface area contributed by atoms with Crippen LogP contribution in [0, 0.1) is 6.92 Å². The molecule has 3 heteroatoms. The molecular weight excluding hydrogens is 236 g/mol. The first-order valence-corrected chi connectivity index (χ1v) is 6.54. The minimum atomic E-state index is 0.0772. The fourth-order valence-electron chi connectivity index (χ4n) is 1.92. The van der Waals surface area contributed by atoms with E-state index < -0.39 is 0 Å². The van der Waals surface area contributed by atoms with E-state index in [1.54, 1.807) is 0 Å². The summed E-state index contributed by atoms with van der Waals surface area (Å²) in [5.41, 5.74) is 8.93. The molecule has 0 amide bonds. The van der Waals surface area contributed by atoms with Crippen molar-refractivity contribution in [2.24, 2.45) is 5.73 Å². The lowest BCUT2D eigenvalue weighted by atomic mass is 10.1. The number of pyridine rings is 1. The molecule has 0 spiro atoms. The molecule has 3 nitrogen and oxygen atoms in total. The van der Waals surface area contributed by atoms with Gasteiger partial charge in [-0.15, -0.1) is 0 Å². The molecule has 1 aromatic carbocycles. The highest BCUT2D eigenvalue weighted by atomic mass is 16.5. The van der Waals surface area contributed by atoms with Gasteiger partial charge < -0.3 is 10.5 Å². The van der Waals surface area contributed by atoms with Gasteiger partial charge in [0.2, 0.25) is 0 Å². The van der Waals surface area contributed by atoms with Gasteiger partial charge in [0.15, 0.2) is 0 Å². The second-order valence-electron chi connectivity index (χ2n) is 4.85.